The van der Waals surface area contributed by atoms with Crippen LogP contribution in [0.15, 0.2) is 18.2 Å². The molecule has 1 aliphatic heterocycles. The van der Waals surface area contributed by atoms with Crippen LogP contribution in [0.25, 0.3) is 11.3 Å². The predicted octanol–water partition coefficient (Wildman–Crippen LogP) is 3.58. The van der Waals surface area contributed by atoms with E-state index in [4.69, 9.17) is 4.74 Å². The van der Waals surface area contributed by atoms with Gasteiger partial charge in [-0.15, -0.1) is 0 Å². The molecule has 2 aromatic rings. The monoisotopic (exact) mass is 353 g/mol. The number of hydrogen-bond acceptors (Lipinski definition) is 3. The molecule has 0 radical (unpaired) electrons. The number of amides is 1. The largest absolute Gasteiger partial charge is 0.383 e. The predicted molar refractivity (Wildman–Crippen MR) is 101 cm³/mol. The molecule has 2 aliphatic rings. The summed E-state index contributed by atoms with van der Waals surface area (Å²) in [5.74, 6) is 0.115. The average Bonchev–Trinajstić information content (AvgIpc) is 3.22. The highest BCUT2D eigenvalue weighted by Gasteiger charge is 2.35. The molecule has 1 unspecified atom stereocenters. The summed E-state index contributed by atoms with van der Waals surface area (Å²) >= 11 is 0. The number of H-pyrrole nitrogens is 1. The molecular weight excluding hydrogens is 326 g/mol. The van der Waals surface area contributed by atoms with E-state index in [0.717, 1.165) is 41.6 Å². The highest BCUT2D eigenvalue weighted by Crippen LogP contribution is 2.40. The van der Waals surface area contributed by atoms with Crippen molar-refractivity contribution in [2.75, 3.05) is 13.7 Å². The summed E-state index contributed by atoms with van der Waals surface area (Å²) in [5.41, 5.74) is 6.94. The first-order valence-corrected chi connectivity index (χ1v) is 9.43. The van der Waals surface area contributed by atoms with Gasteiger partial charge in [0.25, 0.3) is 5.91 Å². The molecule has 1 N–H and O–H groups in total. The summed E-state index contributed by atoms with van der Waals surface area (Å²) in [4.78, 5) is 14.7. The van der Waals surface area contributed by atoms with Crippen LogP contribution >= 0.6 is 0 Å². The lowest BCUT2D eigenvalue weighted by Gasteiger charge is -2.26. The lowest BCUT2D eigenvalue weighted by atomic mass is 9.90. The average molecular weight is 353 g/mol. The van der Waals surface area contributed by atoms with Crippen molar-refractivity contribution >= 4 is 5.91 Å². The van der Waals surface area contributed by atoms with Gasteiger partial charge in [0, 0.05) is 36.0 Å². The van der Waals surface area contributed by atoms with Gasteiger partial charge in [0.1, 0.15) is 0 Å². The van der Waals surface area contributed by atoms with E-state index < -0.39 is 0 Å². The summed E-state index contributed by atoms with van der Waals surface area (Å²) in [6.45, 7) is 7.92. The Balaban J connectivity index is 1.65. The molecule has 138 valence electrons. The standard InChI is InChI=1S/C21H27N3O2/c1-5-15(12-26-4)24-11-14-8-13(6-7-16(14)20(24)25)19-17-9-21(2,3)10-18(17)22-23-19/h6-8,15H,5,9-12H2,1-4H3,(H,22,23). The molecule has 2 heterocycles. The second-order valence-electron chi connectivity index (χ2n) is 8.37. The highest BCUT2D eigenvalue weighted by molar-refractivity contribution is 5.99. The van der Waals surface area contributed by atoms with Gasteiger partial charge in [0.05, 0.1) is 18.3 Å². The van der Waals surface area contributed by atoms with Gasteiger partial charge in [0.15, 0.2) is 0 Å². The van der Waals surface area contributed by atoms with Crippen LogP contribution in [0.5, 0.6) is 0 Å². The second-order valence-corrected chi connectivity index (χ2v) is 8.37. The molecule has 0 fully saturated rings. The van der Waals surface area contributed by atoms with Crippen molar-refractivity contribution in [3.63, 3.8) is 0 Å². The quantitative estimate of drug-likeness (QED) is 0.894. The number of carbonyl (C=O) groups is 1. The smallest absolute Gasteiger partial charge is 0.254 e. The number of hydrogen-bond donors (Lipinski definition) is 1. The molecule has 5 heteroatoms. The maximum atomic E-state index is 12.8. The summed E-state index contributed by atoms with van der Waals surface area (Å²) in [5, 5.41) is 7.80. The SMILES string of the molecule is CCC(COC)N1Cc2cc(-c3n[nH]c4c3CC(C)(C)C4)ccc2C1=O. The molecule has 1 aromatic heterocycles. The zero-order chi connectivity index (χ0) is 18.5. The van der Waals surface area contributed by atoms with Crippen LogP contribution < -0.4 is 0 Å². The van der Waals surface area contributed by atoms with Crippen LogP contribution in [0.1, 0.15) is 54.4 Å². The van der Waals surface area contributed by atoms with Gasteiger partial charge in [-0.25, -0.2) is 0 Å². The zero-order valence-corrected chi connectivity index (χ0v) is 16.1. The first-order valence-electron chi connectivity index (χ1n) is 9.43. The van der Waals surface area contributed by atoms with E-state index in [1.165, 1.54) is 11.3 Å². The van der Waals surface area contributed by atoms with Crippen molar-refractivity contribution in [2.45, 2.75) is 52.6 Å². The van der Waals surface area contributed by atoms with Crippen LogP contribution in [-0.2, 0) is 24.1 Å². The molecule has 5 nitrogen and oxygen atoms in total. The Morgan fingerprint density at radius 1 is 1.35 bits per heavy atom. The fourth-order valence-corrected chi connectivity index (χ4v) is 4.40. The van der Waals surface area contributed by atoms with E-state index in [1.54, 1.807) is 7.11 Å². The molecule has 0 spiro atoms. The van der Waals surface area contributed by atoms with Gasteiger partial charge in [-0.2, -0.15) is 5.10 Å². The number of aromatic amines is 1. The van der Waals surface area contributed by atoms with E-state index in [9.17, 15) is 4.79 Å². The van der Waals surface area contributed by atoms with Crippen molar-refractivity contribution in [1.82, 2.24) is 15.1 Å². The third-order valence-corrected chi connectivity index (χ3v) is 5.75. The third-order valence-electron chi connectivity index (χ3n) is 5.75. The zero-order valence-electron chi connectivity index (χ0n) is 16.1. The summed E-state index contributed by atoms with van der Waals surface area (Å²) in [7, 11) is 1.69. The molecule has 1 aromatic carbocycles. The number of aromatic nitrogens is 2. The molecule has 4 rings (SSSR count). The Labute approximate surface area is 154 Å². The number of carbonyl (C=O) groups excluding carboxylic acids is 1. The number of benzene rings is 1. The van der Waals surface area contributed by atoms with Crippen LogP contribution in [0.2, 0.25) is 0 Å². The van der Waals surface area contributed by atoms with Crippen molar-refractivity contribution in [1.29, 1.82) is 0 Å². The molecule has 0 saturated heterocycles. The van der Waals surface area contributed by atoms with Crippen LogP contribution in [0, 0.1) is 5.41 Å². The maximum Gasteiger partial charge on any atom is 0.254 e. The Bertz CT molecular complexity index is 853. The summed E-state index contributed by atoms with van der Waals surface area (Å²) < 4.78 is 5.30. The van der Waals surface area contributed by atoms with Gasteiger partial charge in [-0.3, -0.25) is 9.89 Å². The minimum Gasteiger partial charge on any atom is -0.383 e. The summed E-state index contributed by atoms with van der Waals surface area (Å²) in [6, 6.07) is 6.28. The molecule has 1 amide bonds. The highest BCUT2D eigenvalue weighted by atomic mass is 16.5. The number of fused-ring (bicyclic) bond motifs is 2. The van der Waals surface area contributed by atoms with Gasteiger partial charge in [-0.05, 0) is 42.4 Å². The Morgan fingerprint density at radius 3 is 2.88 bits per heavy atom. The van der Waals surface area contributed by atoms with Crippen molar-refractivity contribution in [2.24, 2.45) is 5.41 Å². The van der Waals surface area contributed by atoms with E-state index >= 15 is 0 Å². The molecule has 1 atom stereocenters. The minimum atomic E-state index is 0.115. The first-order chi connectivity index (χ1) is 12.4. The third kappa shape index (κ3) is 2.75. The van der Waals surface area contributed by atoms with Gasteiger partial charge in [-0.1, -0.05) is 26.8 Å². The van der Waals surface area contributed by atoms with Crippen LogP contribution in [0.4, 0.5) is 0 Å². The Hall–Kier alpha value is -2.14. The first kappa shape index (κ1) is 17.3. The van der Waals surface area contributed by atoms with Gasteiger partial charge >= 0.3 is 0 Å². The van der Waals surface area contributed by atoms with Crippen LogP contribution in [0.3, 0.4) is 0 Å². The second kappa shape index (κ2) is 6.23. The molecule has 26 heavy (non-hydrogen) atoms. The van der Waals surface area contributed by atoms with Crippen LogP contribution in [-0.4, -0.2) is 40.8 Å². The number of nitrogens with zero attached hydrogens (tertiary/aromatic N) is 2. The minimum absolute atomic E-state index is 0.115. The molecular formula is C21H27N3O2. The molecule has 0 bridgehead atoms. The Morgan fingerprint density at radius 2 is 2.15 bits per heavy atom. The van der Waals surface area contributed by atoms with Gasteiger partial charge in [0.2, 0.25) is 0 Å². The fraction of sp³-hybridized carbons (Fsp3) is 0.524. The van der Waals surface area contributed by atoms with E-state index in [1.807, 2.05) is 17.0 Å². The number of ether oxygens (including phenoxy) is 1. The Kier molecular flexibility index (Phi) is 4.14. The topological polar surface area (TPSA) is 58.2 Å². The van der Waals surface area contributed by atoms with Crippen molar-refractivity contribution in [3.8, 4) is 11.3 Å². The summed E-state index contributed by atoms with van der Waals surface area (Å²) in [6.07, 6.45) is 2.98. The normalized spacial score (nSPS) is 18.9. The fourth-order valence-electron chi connectivity index (χ4n) is 4.40. The van der Waals surface area contributed by atoms with Crippen molar-refractivity contribution in [3.05, 3.63) is 40.6 Å². The van der Waals surface area contributed by atoms with E-state index in [0.29, 0.717) is 13.2 Å². The lowest BCUT2D eigenvalue weighted by molar-refractivity contribution is 0.0546. The van der Waals surface area contributed by atoms with E-state index in [-0.39, 0.29) is 17.4 Å². The lowest BCUT2D eigenvalue weighted by Crippen LogP contribution is -2.38. The molecule has 1 aliphatic carbocycles. The number of nitrogens with one attached hydrogen (secondary N) is 1. The van der Waals surface area contributed by atoms with Gasteiger partial charge < -0.3 is 9.64 Å². The number of methoxy groups -OCH3 is 1. The molecule has 0 saturated carbocycles. The number of rotatable bonds is 5. The maximum absolute atomic E-state index is 12.8. The van der Waals surface area contributed by atoms with Crippen molar-refractivity contribution < 1.29 is 9.53 Å². The van der Waals surface area contributed by atoms with E-state index in [2.05, 4.69) is 37.0 Å².